The third-order valence-corrected chi connectivity index (χ3v) is 8.05. The number of hydrogen-bond acceptors (Lipinski definition) is 3. The lowest BCUT2D eigenvalue weighted by molar-refractivity contribution is 1.30. The molecule has 0 fully saturated rings. The van der Waals surface area contributed by atoms with Crippen molar-refractivity contribution in [1.29, 1.82) is 0 Å². The molecule has 0 amide bonds. The van der Waals surface area contributed by atoms with Gasteiger partial charge in [0.15, 0.2) is 0 Å². The number of para-hydroxylation sites is 1. The van der Waals surface area contributed by atoms with Gasteiger partial charge in [-0.3, -0.25) is 4.98 Å². The summed E-state index contributed by atoms with van der Waals surface area (Å²) in [6.07, 6.45) is 1.88. The van der Waals surface area contributed by atoms with Crippen molar-refractivity contribution in [2.45, 2.75) is 0 Å². The summed E-state index contributed by atoms with van der Waals surface area (Å²) in [6, 6.07) is 49.5. The largest absolute Gasteiger partial charge is 0.310 e. The SMILES string of the molecule is c1ccc(-c2ccc(-c3ccc(N(c4ccccc4)c4cccc5sc6cccnc6c45)cc3)cc2)cc1. The fourth-order valence-electron chi connectivity index (χ4n) is 5.10. The molecule has 0 bridgehead atoms. The molecule has 0 atom stereocenters. The molecule has 2 aromatic heterocycles. The van der Waals surface area contributed by atoms with Crippen molar-refractivity contribution in [2.24, 2.45) is 0 Å². The van der Waals surface area contributed by atoms with Crippen molar-refractivity contribution in [3.63, 3.8) is 0 Å². The van der Waals surface area contributed by atoms with Crippen molar-refractivity contribution in [3.05, 3.63) is 146 Å². The molecule has 0 aliphatic heterocycles. The molecule has 0 saturated carbocycles. The molecule has 0 aliphatic rings. The molecule has 2 nitrogen and oxygen atoms in total. The van der Waals surface area contributed by atoms with Gasteiger partial charge in [-0.15, -0.1) is 11.3 Å². The zero-order valence-electron chi connectivity index (χ0n) is 20.7. The normalized spacial score (nSPS) is 11.2. The summed E-state index contributed by atoms with van der Waals surface area (Å²) in [6.45, 7) is 0. The van der Waals surface area contributed by atoms with Crippen LogP contribution in [0, 0.1) is 0 Å². The van der Waals surface area contributed by atoms with Gasteiger partial charge in [-0.05, 0) is 70.8 Å². The summed E-state index contributed by atoms with van der Waals surface area (Å²) < 4.78 is 2.45. The Bertz CT molecular complexity index is 1840. The van der Waals surface area contributed by atoms with Crippen LogP contribution in [0.1, 0.15) is 0 Å². The van der Waals surface area contributed by atoms with E-state index >= 15 is 0 Å². The summed E-state index contributed by atoms with van der Waals surface area (Å²) in [5.41, 5.74) is 9.29. The molecule has 180 valence electrons. The lowest BCUT2D eigenvalue weighted by atomic mass is 10.00. The molecule has 0 radical (unpaired) electrons. The highest BCUT2D eigenvalue weighted by molar-refractivity contribution is 7.25. The van der Waals surface area contributed by atoms with Crippen molar-refractivity contribution in [3.8, 4) is 22.3 Å². The first-order chi connectivity index (χ1) is 18.8. The Morgan fingerprint density at radius 3 is 1.68 bits per heavy atom. The van der Waals surface area contributed by atoms with Crippen molar-refractivity contribution < 1.29 is 0 Å². The van der Waals surface area contributed by atoms with Gasteiger partial charge in [0.05, 0.1) is 15.9 Å². The van der Waals surface area contributed by atoms with Crippen LogP contribution in [0.4, 0.5) is 17.1 Å². The van der Waals surface area contributed by atoms with E-state index in [-0.39, 0.29) is 0 Å². The van der Waals surface area contributed by atoms with E-state index in [9.17, 15) is 0 Å². The highest BCUT2D eigenvalue weighted by Crippen LogP contribution is 2.44. The number of fused-ring (bicyclic) bond motifs is 3. The Balaban J connectivity index is 1.31. The van der Waals surface area contributed by atoms with Gasteiger partial charge in [0, 0.05) is 27.7 Å². The summed E-state index contributed by atoms with van der Waals surface area (Å²) in [7, 11) is 0. The monoisotopic (exact) mass is 504 g/mol. The topological polar surface area (TPSA) is 16.1 Å². The maximum atomic E-state index is 4.77. The zero-order chi connectivity index (χ0) is 25.3. The molecular formula is C35H24N2S. The summed E-state index contributed by atoms with van der Waals surface area (Å²) in [4.78, 5) is 7.10. The second kappa shape index (κ2) is 9.62. The highest BCUT2D eigenvalue weighted by Gasteiger charge is 2.18. The van der Waals surface area contributed by atoms with E-state index < -0.39 is 0 Å². The Morgan fingerprint density at radius 2 is 1.00 bits per heavy atom. The molecule has 5 aromatic carbocycles. The minimum atomic E-state index is 1.05. The van der Waals surface area contributed by atoms with Crippen LogP contribution in [-0.4, -0.2) is 4.98 Å². The molecule has 0 unspecified atom stereocenters. The third-order valence-electron chi connectivity index (χ3n) is 6.94. The summed E-state index contributed by atoms with van der Waals surface area (Å²) in [5.74, 6) is 0. The van der Waals surface area contributed by atoms with Gasteiger partial charge < -0.3 is 4.90 Å². The van der Waals surface area contributed by atoms with Gasteiger partial charge in [-0.25, -0.2) is 0 Å². The molecule has 0 aliphatic carbocycles. The Labute approximate surface area is 226 Å². The first kappa shape index (κ1) is 22.5. The lowest BCUT2D eigenvalue weighted by Gasteiger charge is -2.26. The first-order valence-electron chi connectivity index (χ1n) is 12.7. The second-order valence-electron chi connectivity index (χ2n) is 9.26. The standard InChI is InChI=1S/C35H24N2S/c1-3-9-25(10-4-1)26-16-18-27(19-17-26)28-20-22-30(23-21-28)37(29-11-5-2-6-12-29)31-13-7-14-32-34(31)35-33(38-32)15-8-24-36-35/h1-24H. The number of thiophene rings is 1. The van der Waals surface area contributed by atoms with Gasteiger partial charge in [-0.2, -0.15) is 0 Å². The zero-order valence-corrected chi connectivity index (χ0v) is 21.5. The van der Waals surface area contributed by atoms with E-state index in [0.717, 1.165) is 22.6 Å². The van der Waals surface area contributed by atoms with Gasteiger partial charge in [0.1, 0.15) is 0 Å². The fraction of sp³-hybridized carbons (Fsp3) is 0. The van der Waals surface area contributed by atoms with Crippen molar-refractivity contribution >= 4 is 48.7 Å². The van der Waals surface area contributed by atoms with Crippen molar-refractivity contribution in [1.82, 2.24) is 4.98 Å². The number of anilines is 3. The summed E-state index contributed by atoms with van der Waals surface area (Å²) >= 11 is 1.79. The van der Waals surface area contributed by atoms with E-state index in [0.29, 0.717) is 0 Å². The molecule has 0 spiro atoms. The predicted octanol–water partition coefficient (Wildman–Crippen LogP) is 10.3. The second-order valence-corrected chi connectivity index (χ2v) is 10.3. The van der Waals surface area contributed by atoms with E-state index in [1.165, 1.54) is 37.0 Å². The van der Waals surface area contributed by atoms with Gasteiger partial charge in [0.2, 0.25) is 0 Å². The molecule has 0 saturated heterocycles. The van der Waals surface area contributed by atoms with Crippen LogP contribution < -0.4 is 4.90 Å². The third kappa shape index (κ3) is 4.03. The van der Waals surface area contributed by atoms with Crippen LogP contribution in [0.15, 0.2) is 146 Å². The van der Waals surface area contributed by atoms with Gasteiger partial charge in [0.25, 0.3) is 0 Å². The van der Waals surface area contributed by atoms with Crippen LogP contribution >= 0.6 is 11.3 Å². The molecular weight excluding hydrogens is 480 g/mol. The number of aromatic nitrogens is 1. The van der Waals surface area contributed by atoms with Gasteiger partial charge >= 0.3 is 0 Å². The van der Waals surface area contributed by atoms with Crippen LogP contribution in [0.3, 0.4) is 0 Å². The number of benzene rings is 5. The number of nitrogens with zero attached hydrogens (tertiary/aromatic N) is 2. The Kier molecular flexibility index (Phi) is 5.69. The average molecular weight is 505 g/mol. The highest BCUT2D eigenvalue weighted by atomic mass is 32.1. The molecule has 7 rings (SSSR count). The number of hydrogen-bond donors (Lipinski definition) is 0. The Hall–Kier alpha value is -4.73. The van der Waals surface area contributed by atoms with E-state index in [2.05, 4.69) is 138 Å². The molecule has 7 aromatic rings. The van der Waals surface area contributed by atoms with E-state index in [1.54, 1.807) is 11.3 Å². The predicted molar refractivity (Wildman–Crippen MR) is 163 cm³/mol. The minimum absolute atomic E-state index is 1.05. The first-order valence-corrected chi connectivity index (χ1v) is 13.5. The summed E-state index contributed by atoms with van der Waals surface area (Å²) in [5, 5.41) is 1.19. The van der Waals surface area contributed by atoms with Crippen molar-refractivity contribution in [2.75, 3.05) is 4.90 Å². The van der Waals surface area contributed by atoms with Gasteiger partial charge in [-0.1, -0.05) is 91.0 Å². The number of pyridine rings is 1. The van der Waals surface area contributed by atoms with E-state index in [4.69, 9.17) is 4.98 Å². The fourth-order valence-corrected chi connectivity index (χ4v) is 6.19. The van der Waals surface area contributed by atoms with E-state index in [1.807, 2.05) is 12.3 Å². The van der Waals surface area contributed by atoms with Crippen LogP contribution in [0.2, 0.25) is 0 Å². The maximum absolute atomic E-state index is 4.77. The molecule has 0 N–H and O–H groups in total. The average Bonchev–Trinajstić information content (AvgIpc) is 3.38. The van der Waals surface area contributed by atoms with Crippen LogP contribution in [0.5, 0.6) is 0 Å². The lowest BCUT2D eigenvalue weighted by Crippen LogP contribution is -2.10. The maximum Gasteiger partial charge on any atom is 0.0909 e. The molecule has 2 heterocycles. The quantitative estimate of drug-likeness (QED) is 0.232. The Morgan fingerprint density at radius 1 is 0.447 bits per heavy atom. The smallest absolute Gasteiger partial charge is 0.0909 e. The van der Waals surface area contributed by atoms with Crippen LogP contribution in [0.25, 0.3) is 42.6 Å². The molecule has 38 heavy (non-hydrogen) atoms. The molecule has 3 heteroatoms. The van der Waals surface area contributed by atoms with Crippen LogP contribution in [-0.2, 0) is 0 Å². The number of rotatable bonds is 5. The minimum Gasteiger partial charge on any atom is -0.310 e.